The number of nitrogens with zero attached hydrogens (tertiary/aromatic N) is 2. The summed E-state index contributed by atoms with van der Waals surface area (Å²) in [6.45, 7) is 0. The maximum atomic E-state index is 5.20. The number of amidine groups is 1. The number of hydrogen-bond donors (Lipinski definition) is 1. The molecule has 1 aliphatic heterocycles. The fourth-order valence-electron chi connectivity index (χ4n) is 0.391. The summed E-state index contributed by atoms with van der Waals surface area (Å²) < 4.78 is 4.68. The topological polar surface area (TPSA) is 61.7 Å². The van der Waals surface area contributed by atoms with Crippen molar-refractivity contribution < 1.29 is 4.74 Å². The van der Waals surface area contributed by atoms with Crippen LogP contribution in [0.2, 0.25) is 0 Å². The second-order valence-electron chi connectivity index (χ2n) is 1.31. The molecule has 1 rings (SSSR count). The number of methoxy groups -OCH3 is 1. The zero-order chi connectivity index (χ0) is 5.98. The van der Waals surface area contributed by atoms with Crippen molar-refractivity contribution in [3.8, 4) is 0 Å². The average Bonchev–Trinajstić information content (AvgIpc) is 2.14. The summed E-state index contributed by atoms with van der Waals surface area (Å²) in [5.74, 6) is 0.851. The maximum absolute atomic E-state index is 5.20. The van der Waals surface area contributed by atoms with Gasteiger partial charge in [-0.15, -0.1) is 10.5 Å². The second-order valence-corrected chi connectivity index (χ2v) is 1.31. The molecule has 43 valence electrons. The van der Waals surface area contributed by atoms with Crippen LogP contribution in [-0.4, -0.2) is 12.9 Å². The van der Waals surface area contributed by atoms with Crippen LogP contribution < -0.4 is 11.2 Å². The number of rotatable bonds is 1. The molecule has 0 amide bonds. The Morgan fingerprint density at radius 1 is 1.75 bits per heavy atom. The van der Waals surface area contributed by atoms with E-state index in [1.807, 2.05) is 0 Å². The van der Waals surface area contributed by atoms with Gasteiger partial charge in [-0.2, -0.15) is 0 Å². The molecule has 0 unspecified atom stereocenters. The smallest absolute Gasteiger partial charge is 0.236 e. The summed E-state index contributed by atoms with van der Waals surface area (Å²) in [4.78, 5) is 0. The van der Waals surface area contributed by atoms with E-state index in [1.165, 1.54) is 7.11 Å². The van der Waals surface area contributed by atoms with E-state index in [-0.39, 0.29) is 0 Å². The van der Waals surface area contributed by atoms with Gasteiger partial charge in [0.1, 0.15) is 0 Å². The SMILES string of the molecule is COC1=CC(N)=N[N]1. The van der Waals surface area contributed by atoms with Gasteiger partial charge in [0.25, 0.3) is 0 Å². The second kappa shape index (κ2) is 1.73. The highest BCUT2D eigenvalue weighted by molar-refractivity contribution is 5.92. The first-order valence-electron chi connectivity index (χ1n) is 2.13. The summed E-state index contributed by atoms with van der Waals surface area (Å²) >= 11 is 0. The third-order valence-corrected chi connectivity index (χ3v) is 0.745. The molecule has 0 bridgehead atoms. The highest BCUT2D eigenvalue weighted by Crippen LogP contribution is 1.97. The van der Waals surface area contributed by atoms with E-state index < -0.39 is 0 Å². The molecule has 0 aliphatic carbocycles. The fourth-order valence-corrected chi connectivity index (χ4v) is 0.391. The van der Waals surface area contributed by atoms with Crippen molar-refractivity contribution in [1.29, 1.82) is 0 Å². The molecular formula is C4H6N3O. The molecule has 2 N–H and O–H groups in total. The summed E-state index contributed by atoms with van der Waals surface area (Å²) in [5.41, 5.74) is 8.74. The van der Waals surface area contributed by atoms with Crippen molar-refractivity contribution in [3.05, 3.63) is 12.0 Å². The van der Waals surface area contributed by atoms with Crippen molar-refractivity contribution in [1.82, 2.24) is 5.43 Å². The van der Waals surface area contributed by atoms with Crippen LogP contribution in [0.15, 0.2) is 17.1 Å². The van der Waals surface area contributed by atoms with Crippen LogP contribution in [0.1, 0.15) is 0 Å². The lowest BCUT2D eigenvalue weighted by atomic mass is 10.6. The predicted molar refractivity (Wildman–Crippen MR) is 28.8 cm³/mol. The number of hydrogen-bond acceptors (Lipinski definition) is 3. The number of ether oxygens (including phenoxy) is 1. The summed E-state index contributed by atoms with van der Waals surface area (Å²) in [6.07, 6.45) is 1.56. The molecule has 0 atom stereocenters. The molecular weight excluding hydrogens is 106 g/mol. The summed E-state index contributed by atoms with van der Waals surface area (Å²) in [7, 11) is 1.52. The minimum absolute atomic E-state index is 0.391. The Labute approximate surface area is 47.0 Å². The monoisotopic (exact) mass is 112 g/mol. The van der Waals surface area contributed by atoms with E-state index in [2.05, 4.69) is 15.3 Å². The summed E-state index contributed by atoms with van der Waals surface area (Å²) in [6, 6.07) is 0. The summed E-state index contributed by atoms with van der Waals surface area (Å²) in [5, 5.41) is 3.49. The zero-order valence-corrected chi connectivity index (χ0v) is 4.46. The van der Waals surface area contributed by atoms with Crippen LogP contribution in [0.5, 0.6) is 0 Å². The Kier molecular flexibility index (Phi) is 1.07. The van der Waals surface area contributed by atoms with Gasteiger partial charge in [0.15, 0.2) is 5.84 Å². The first-order valence-corrected chi connectivity index (χ1v) is 2.13. The van der Waals surface area contributed by atoms with E-state index in [0.717, 1.165) is 0 Å². The van der Waals surface area contributed by atoms with E-state index in [1.54, 1.807) is 6.08 Å². The van der Waals surface area contributed by atoms with Gasteiger partial charge >= 0.3 is 0 Å². The van der Waals surface area contributed by atoms with Gasteiger partial charge in [0.2, 0.25) is 5.88 Å². The van der Waals surface area contributed by atoms with E-state index in [9.17, 15) is 0 Å². The van der Waals surface area contributed by atoms with Crippen molar-refractivity contribution >= 4 is 5.84 Å². The fraction of sp³-hybridized carbons (Fsp3) is 0.250. The Morgan fingerprint density at radius 3 is 2.75 bits per heavy atom. The van der Waals surface area contributed by atoms with E-state index >= 15 is 0 Å². The maximum Gasteiger partial charge on any atom is 0.236 e. The lowest BCUT2D eigenvalue weighted by molar-refractivity contribution is 0.264. The molecule has 1 heterocycles. The Morgan fingerprint density at radius 2 is 2.50 bits per heavy atom. The highest BCUT2D eigenvalue weighted by Gasteiger charge is 2.04. The van der Waals surface area contributed by atoms with Crippen LogP contribution in [-0.2, 0) is 4.74 Å². The van der Waals surface area contributed by atoms with Crippen molar-refractivity contribution in [3.63, 3.8) is 0 Å². The third-order valence-electron chi connectivity index (χ3n) is 0.745. The van der Waals surface area contributed by atoms with Crippen molar-refractivity contribution in [2.75, 3.05) is 7.11 Å². The lowest BCUT2D eigenvalue weighted by Crippen LogP contribution is -2.04. The van der Waals surface area contributed by atoms with Gasteiger partial charge in [0, 0.05) is 6.08 Å². The van der Waals surface area contributed by atoms with Gasteiger partial charge in [-0.25, -0.2) is 0 Å². The van der Waals surface area contributed by atoms with Gasteiger partial charge in [-0.05, 0) is 0 Å². The Hall–Kier alpha value is -1.19. The Balaban J connectivity index is 2.56. The first kappa shape index (κ1) is 4.96. The molecule has 0 saturated heterocycles. The van der Waals surface area contributed by atoms with Crippen LogP contribution in [0.3, 0.4) is 0 Å². The average molecular weight is 112 g/mol. The molecule has 0 spiro atoms. The molecule has 0 fully saturated rings. The van der Waals surface area contributed by atoms with Gasteiger partial charge in [0.05, 0.1) is 7.11 Å². The number of nitrogens with two attached hydrogens (primary N) is 1. The van der Waals surface area contributed by atoms with Crippen LogP contribution in [0, 0.1) is 0 Å². The molecule has 0 aromatic rings. The first-order chi connectivity index (χ1) is 3.83. The quantitative estimate of drug-likeness (QED) is 0.490. The van der Waals surface area contributed by atoms with Gasteiger partial charge < -0.3 is 10.5 Å². The van der Waals surface area contributed by atoms with Crippen LogP contribution in [0.4, 0.5) is 0 Å². The zero-order valence-electron chi connectivity index (χ0n) is 4.46. The van der Waals surface area contributed by atoms with Crippen LogP contribution >= 0.6 is 0 Å². The molecule has 1 aliphatic rings. The lowest BCUT2D eigenvalue weighted by Gasteiger charge is -1.91. The van der Waals surface area contributed by atoms with E-state index in [0.29, 0.717) is 11.7 Å². The third kappa shape index (κ3) is 0.726. The largest absolute Gasteiger partial charge is 0.480 e. The van der Waals surface area contributed by atoms with Crippen molar-refractivity contribution in [2.24, 2.45) is 10.8 Å². The van der Waals surface area contributed by atoms with Crippen molar-refractivity contribution in [2.45, 2.75) is 0 Å². The normalized spacial score (nSPS) is 16.6. The predicted octanol–water partition coefficient (Wildman–Crippen LogP) is -0.636. The Bertz CT molecular complexity index is 149. The minimum atomic E-state index is 0.391. The van der Waals surface area contributed by atoms with Gasteiger partial charge in [-0.3, -0.25) is 0 Å². The molecule has 4 heteroatoms. The molecule has 0 saturated carbocycles. The highest BCUT2D eigenvalue weighted by atomic mass is 16.5. The minimum Gasteiger partial charge on any atom is -0.480 e. The molecule has 0 aromatic heterocycles. The van der Waals surface area contributed by atoms with Crippen LogP contribution in [0.25, 0.3) is 0 Å². The molecule has 4 nitrogen and oxygen atoms in total. The standard InChI is InChI=1S/C4H6N3O/c1-8-4-2-3(5)6-7-4/h2H,1H3,(H2,5,6). The molecule has 0 aromatic carbocycles. The molecule has 8 heavy (non-hydrogen) atoms. The van der Waals surface area contributed by atoms with E-state index in [4.69, 9.17) is 5.73 Å². The molecule has 1 radical (unpaired) electrons. The van der Waals surface area contributed by atoms with Gasteiger partial charge in [-0.1, -0.05) is 0 Å².